The number of aromatic amines is 1. The molecule has 2 amide bonds. The van der Waals surface area contributed by atoms with Crippen molar-refractivity contribution in [1.29, 1.82) is 0 Å². The van der Waals surface area contributed by atoms with E-state index in [-0.39, 0.29) is 12.3 Å². The molecular formula is C18H17BrN4O3S. The fraction of sp³-hybridized carbons (Fsp3) is 0.167. The van der Waals surface area contributed by atoms with Crippen molar-refractivity contribution in [2.45, 2.75) is 13.3 Å². The van der Waals surface area contributed by atoms with Gasteiger partial charge in [0.1, 0.15) is 16.5 Å². The summed E-state index contributed by atoms with van der Waals surface area (Å²) in [6.07, 6.45) is 1.69. The maximum Gasteiger partial charge on any atom is 0.286 e. The number of hydrazine groups is 1. The molecule has 0 spiro atoms. The normalized spacial score (nSPS) is 10.4. The van der Waals surface area contributed by atoms with Gasteiger partial charge in [-0.05, 0) is 41.1 Å². The standard InChI is InChI=1S/C18H17BrN4O3S/c1-2-26-15-6-4-3-5-13(15)18-21-12(10-27-18)8-16(24)22-23-17(25)14-7-11(19)9-20-14/h3-7,9-10,20H,2,8H2,1H3,(H,22,24)(H,23,25). The van der Waals surface area contributed by atoms with E-state index in [2.05, 4.69) is 36.7 Å². The number of benzene rings is 1. The van der Waals surface area contributed by atoms with E-state index in [0.717, 1.165) is 20.8 Å². The predicted octanol–water partition coefficient (Wildman–Crippen LogP) is 3.30. The number of amides is 2. The van der Waals surface area contributed by atoms with Crippen molar-refractivity contribution < 1.29 is 14.3 Å². The minimum absolute atomic E-state index is 0.0575. The fourth-order valence-corrected chi connectivity index (χ4v) is 3.53. The highest BCUT2D eigenvalue weighted by atomic mass is 79.9. The van der Waals surface area contributed by atoms with Gasteiger partial charge in [-0.25, -0.2) is 4.98 Å². The molecule has 0 saturated carbocycles. The van der Waals surface area contributed by atoms with Crippen LogP contribution in [0.1, 0.15) is 23.1 Å². The molecule has 2 heterocycles. The summed E-state index contributed by atoms with van der Waals surface area (Å²) in [5.74, 6) is -0.0303. The molecule has 3 rings (SSSR count). The minimum Gasteiger partial charge on any atom is -0.493 e. The fourth-order valence-electron chi connectivity index (χ4n) is 2.34. The topological polar surface area (TPSA) is 96.1 Å². The first kappa shape index (κ1) is 19.1. The van der Waals surface area contributed by atoms with Gasteiger partial charge in [0.15, 0.2) is 0 Å². The molecule has 0 atom stereocenters. The number of ether oxygens (including phenoxy) is 1. The van der Waals surface area contributed by atoms with E-state index in [1.165, 1.54) is 11.3 Å². The summed E-state index contributed by atoms with van der Waals surface area (Å²) in [6.45, 7) is 2.49. The van der Waals surface area contributed by atoms with Crippen LogP contribution in [-0.2, 0) is 11.2 Å². The van der Waals surface area contributed by atoms with E-state index in [0.29, 0.717) is 18.0 Å². The number of aromatic nitrogens is 2. The average Bonchev–Trinajstić information content (AvgIpc) is 3.30. The minimum atomic E-state index is -0.432. The zero-order valence-corrected chi connectivity index (χ0v) is 16.8. The molecular weight excluding hydrogens is 432 g/mol. The lowest BCUT2D eigenvalue weighted by atomic mass is 10.2. The van der Waals surface area contributed by atoms with Crippen LogP contribution in [0.4, 0.5) is 0 Å². The number of para-hydroxylation sites is 1. The van der Waals surface area contributed by atoms with Crippen LogP contribution in [0.15, 0.2) is 46.4 Å². The van der Waals surface area contributed by atoms with Crippen LogP contribution in [0.2, 0.25) is 0 Å². The van der Waals surface area contributed by atoms with Crippen molar-refractivity contribution in [2.24, 2.45) is 0 Å². The Morgan fingerprint density at radius 1 is 1.30 bits per heavy atom. The molecule has 1 aromatic carbocycles. The molecule has 0 fully saturated rings. The number of hydrogen-bond acceptors (Lipinski definition) is 5. The molecule has 3 aromatic rings. The summed E-state index contributed by atoms with van der Waals surface area (Å²) < 4.78 is 6.38. The summed E-state index contributed by atoms with van der Waals surface area (Å²) in [6, 6.07) is 9.26. The molecule has 2 aromatic heterocycles. The summed E-state index contributed by atoms with van der Waals surface area (Å²) in [7, 11) is 0. The van der Waals surface area contributed by atoms with Crippen LogP contribution in [0.25, 0.3) is 10.6 Å². The number of hydrogen-bond donors (Lipinski definition) is 3. The number of H-pyrrole nitrogens is 1. The van der Waals surface area contributed by atoms with Crippen LogP contribution in [0.3, 0.4) is 0 Å². The number of carbonyl (C=O) groups excluding carboxylic acids is 2. The molecule has 0 aliphatic carbocycles. The molecule has 0 unspecified atom stereocenters. The first-order valence-corrected chi connectivity index (χ1v) is 9.83. The van der Waals surface area contributed by atoms with Gasteiger partial charge in [-0.1, -0.05) is 12.1 Å². The maximum absolute atomic E-state index is 12.1. The van der Waals surface area contributed by atoms with Crippen molar-refractivity contribution in [1.82, 2.24) is 20.8 Å². The lowest BCUT2D eigenvalue weighted by Crippen LogP contribution is -2.42. The van der Waals surface area contributed by atoms with Crippen molar-refractivity contribution in [3.8, 4) is 16.3 Å². The van der Waals surface area contributed by atoms with Gasteiger partial charge in [0.25, 0.3) is 5.91 Å². The largest absolute Gasteiger partial charge is 0.493 e. The van der Waals surface area contributed by atoms with E-state index in [4.69, 9.17) is 4.74 Å². The number of rotatable bonds is 6. The molecule has 3 N–H and O–H groups in total. The van der Waals surface area contributed by atoms with Gasteiger partial charge in [0.2, 0.25) is 5.91 Å². The number of nitrogens with zero attached hydrogens (tertiary/aromatic N) is 1. The third-order valence-electron chi connectivity index (χ3n) is 3.52. The van der Waals surface area contributed by atoms with Gasteiger partial charge in [-0.3, -0.25) is 20.4 Å². The van der Waals surface area contributed by atoms with Crippen LogP contribution in [-0.4, -0.2) is 28.4 Å². The molecule has 7 nitrogen and oxygen atoms in total. The Bertz CT molecular complexity index is 953. The lowest BCUT2D eigenvalue weighted by Gasteiger charge is -2.07. The first-order valence-electron chi connectivity index (χ1n) is 8.16. The van der Waals surface area contributed by atoms with Crippen molar-refractivity contribution in [2.75, 3.05) is 6.61 Å². The molecule has 0 radical (unpaired) electrons. The number of thiazole rings is 1. The Morgan fingerprint density at radius 2 is 2.11 bits per heavy atom. The highest BCUT2D eigenvalue weighted by Crippen LogP contribution is 2.32. The van der Waals surface area contributed by atoms with Crippen molar-refractivity contribution in [3.63, 3.8) is 0 Å². The Labute approximate surface area is 168 Å². The maximum atomic E-state index is 12.1. The van der Waals surface area contributed by atoms with Gasteiger partial charge in [-0.15, -0.1) is 11.3 Å². The predicted molar refractivity (Wildman–Crippen MR) is 107 cm³/mol. The molecule has 0 bridgehead atoms. The Hall–Kier alpha value is -2.65. The third kappa shape index (κ3) is 4.95. The van der Waals surface area contributed by atoms with Crippen molar-refractivity contribution >= 4 is 39.1 Å². The Balaban J connectivity index is 1.59. The second-order valence-corrected chi connectivity index (χ2v) is 7.26. The number of halogens is 1. The molecule has 9 heteroatoms. The second kappa shape index (κ2) is 8.83. The van der Waals surface area contributed by atoms with E-state index in [1.54, 1.807) is 12.3 Å². The summed E-state index contributed by atoms with van der Waals surface area (Å²) >= 11 is 4.69. The van der Waals surface area contributed by atoms with Gasteiger partial charge >= 0.3 is 0 Å². The van der Waals surface area contributed by atoms with E-state index < -0.39 is 5.91 Å². The molecule has 0 aliphatic rings. The Kier molecular flexibility index (Phi) is 6.25. The summed E-state index contributed by atoms with van der Waals surface area (Å²) in [5.41, 5.74) is 6.60. The molecule has 0 aliphatic heterocycles. The van der Waals surface area contributed by atoms with E-state index >= 15 is 0 Å². The van der Waals surface area contributed by atoms with E-state index in [1.807, 2.05) is 36.6 Å². The number of nitrogens with one attached hydrogen (secondary N) is 3. The van der Waals surface area contributed by atoms with Gasteiger partial charge in [-0.2, -0.15) is 0 Å². The summed E-state index contributed by atoms with van der Waals surface area (Å²) in [4.78, 5) is 31.2. The quantitative estimate of drug-likeness (QED) is 0.504. The molecule has 140 valence electrons. The smallest absolute Gasteiger partial charge is 0.286 e. The molecule has 0 saturated heterocycles. The van der Waals surface area contributed by atoms with Crippen molar-refractivity contribution in [3.05, 3.63) is 57.8 Å². The van der Waals surface area contributed by atoms with Crippen LogP contribution in [0, 0.1) is 0 Å². The summed E-state index contributed by atoms with van der Waals surface area (Å²) in [5, 5.41) is 2.60. The zero-order valence-electron chi connectivity index (χ0n) is 14.4. The van der Waals surface area contributed by atoms with Gasteiger partial charge < -0.3 is 9.72 Å². The average molecular weight is 449 g/mol. The zero-order chi connectivity index (χ0) is 19.2. The second-order valence-electron chi connectivity index (χ2n) is 5.48. The Morgan fingerprint density at radius 3 is 2.85 bits per heavy atom. The van der Waals surface area contributed by atoms with Crippen LogP contribution >= 0.6 is 27.3 Å². The van der Waals surface area contributed by atoms with E-state index in [9.17, 15) is 9.59 Å². The molecule has 27 heavy (non-hydrogen) atoms. The highest BCUT2D eigenvalue weighted by molar-refractivity contribution is 9.10. The van der Waals surface area contributed by atoms with Crippen LogP contribution < -0.4 is 15.6 Å². The number of carbonyl (C=O) groups is 2. The third-order valence-corrected chi connectivity index (χ3v) is 4.90. The SMILES string of the molecule is CCOc1ccccc1-c1nc(CC(=O)NNC(=O)c2cc(Br)c[nH]2)cs1. The van der Waals surface area contributed by atoms with Gasteiger partial charge in [0.05, 0.1) is 24.3 Å². The first-order chi connectivity index (χ1) is 13.1. The van der Waals surface area contributed by atoms with Gasteiger partial charge in [0, 0.05) is 16.0 Å². The highest BCUT2D eigenvalue weighted by Gasteiger charge is 2.13. The lowest BCUT2D eigenvalue weighted by molar-refractivity contribution is -0.121. The van der Waals surface area contributed by atoms with Crippen LogP contribution in [0.5, 0.6) is 5.75 Å². The monoisotopic (exact) mass is 448 g/mol.